The summed E-state index contributed by atoms with van der Waals surface area (Å²) in [6.45, 7) is 0.735. The van der Waals surface area contributed by atoms with Crippen LogP contribution in [0.5, 0.6) is 11.5 Å². The van der Waals surface area contributed by atoms with Crippen molar-refractivity contribution in [1.29, 1.82) is 0 Å². The maximum absolute atomic E-state index is 13.0. The van der Waals surface area contributed by atoms with Gasteiger partial charge in [0.25, 0.3) is 0 Å². The van der Waals surface area contributed by atoms with Gasteiger partial charge in [0, 0.05) is 27.9 Å². The first-order valence-corrected chi connectivity index (χ1v) is 9.84. The van der Waals surface area contributed by atoms with Gasteiger partial charge in [0.2, 0.25) is 5.91 Å². The Labute approximate surface area is 160 Å². The van der Waals surface area contributed by atoms with Crippen LogP contribution in [0.2, 0.25) is 0 Å². The van der Waals surface area contributed by atoms with Crippen molar-refractivity contribution >= 4 is 33.6 Å². The molecule has 3 rings (SSSR count). The number of carbonyl (C=O) groups excluding carboxylic acids is 1. The van der Waals surface area contributed by atoms with Crippen LogP contribution in [0.4, 0.5) is 0 Å². The predicted octanol–water partition coefficient (Wildman–Crippen LogP) is 4.28. The van der Waals surface area contributed by atoms with Gasteiger partial charge >= 0.3 is 0 Å². The minimum Gasteiger partial charge on any atom is -0.496 e. The third-order valence-electron chi connectivity index (χ3n) is 4.20. The van der Waals surface area contributed by atoms with Gasteiger partial charge in [0.05, 0.1) is 20.6 Å². The third kappa shape index (κ3) is 3.96. The second-order valence-electron chi connectivity index (χ2n) is 5.69. The second kappa shape index (κ2) is 8.15. The number of methoxy groups -OCH3 is 2. The standard InChI is InChI=1S/C19H20BrNO3S/c1-23-16-6-4-3-5-13(16)11-18(22)21-9-10-25-19(21)15-12-14(20)7-8-17(15)24-2/h3-8,12,19H,9-11H2,1-2H3. The molecule has 132 valence electrons. The van der Waals surface area contributed by atoms with Crippen molar-refractivity contribution in [3.63, 3.8) is 0 Å². The molecule has 0 saturated carbocycles. The van der Waals surface area contributed by atoms with Crippen LogP contribution in [0.1, 0.15) is 16.5 Å². The van der Waals surface area contributed by atoms with Crippen LogP contribution in [-0.2, 0) is 11.2 Å². The van der Waals surface area contributed by atoms with Gasteiger partial charge in [0.15, 0.2) is 0 Å². The van der Waals surface area contributed by atoms with Crippen LogP contribution in [-0.4, -0.2) is 37.3 Å². The molecule has 4 nitrogen and oxygen atoms in total. The van der Waals surface area contributed by atoms with Crippen molar-refractivity contribution in [2.45, 2.75) is 11.8 Å². The van der Waals surface area contributed by atoms with E-state index in [0.29, 0.717) is 6.42 Å². The molecule has 0 N–H and O–H groups in total. The number of hydrogen-bond donors (Lipinski definition) is 0. The SMILES string of the molecule is COc1ccccc1CC(=O)N1CCSC1c1cc(Br)ccc1OC. The number of nitrogens with zero attached hydrogens (tertiary/aromatic N) is 1. The lowest BCUT2D eigenvalue weighted by Crippen LogP contribution is -2.32. The maximum Gasteiger partial charge on any atom is 0.228 e. The van der Waals surface area contributed by atoms with Gasteiger partial charge in [0.1, 0.15) is 16.9 Å². The number of carbonyl (C=O) groups is 1. The molecule has 2 aromatic carbocycles. The van der Waals surface area contributed by atoms with E-state index in [1.54, 1.807) is 26.0 Å². The fourth-order valence-corrected chi connectivity index (χ4v) is 4.67. The van der Waals surface area contributed by atoms with Crippen molar-refractivity contribution in [3.05, 3.63) is 58.1 Å². The third-order valence-corrected chi connectivity index (χ3v) is 5.94. The van der Waals surface area contributed by atoms with Crippen LogP contribution >= 0.6 is 27.7 Å². The highest BCUT2D eigenvalue weighted by Gasteiger charge is 2.32. The summed E-state index contributed by atoms with van der Waals surface area (Å²) in [4.78, 5) is 14.9. The van der Waals surface area contributed by atoms with E-state index in [1.165, 1.54) is 0 Å². The van der Waals surface area contributed by atoms with Crippen molar-refractivity contribution in [1.82, 2.24) is 4.90 Å². The Morgan fingerprint density at radius 3 is 2.72 bits per heavy atom. The average Bonchev–Trinajstić information content (AvgIpc) is 3.12. The summed E-state index contributed by atoms with van der Waals surface area (Å²) in [6.07, 6.45) is 0.331. The molecule has 1 amide bonds. The average molecular weight is 422 g/mol. The topological polar surface area (TPSA) is 38.8 Å². The summed E-state index contributed by atoms with van der Waals surface area (Å²) < 4.78 is 11.9. The summed E-state index contributed by atoms with van der Waals surface area (Å²) >= 11 is 5.28. The Hall–Kier alpha value is -1.66. The van der Waals surface area contributed by atoms with Gasteiger partial charge in [-0.15, -0.1) is 11.8 Å². The molecule has 0 aromatic heterocycles. The lowest BCUT2D eigenvalue weighted by atomic mass is 10.1. The van der Waals surface area contributed by atoms with E-state index in [4.69, 9.17) is 9.47 Å². The first kappa shape index (κ1) is 18.1. The molecule has 1 fully saturated rings. The van der Waals surface area contributed by atoms with E-state index < -0.39 is 0 Å². The zero-order valence-electron chi connectivity index (χ0n) is 14.2. The zero-order chi connectivity index (χ0) is 17.8. The minimum atomic E-state index is -0.0327. The molecular formula is C19H20BrNO3S. The second-order valence-corrected chi connectivity index (χ2v) is 7.79. The molecular weight excluding hydrogens is 402 g/mol. The van der Waals surface area contributed by atoms with Crippen molar-refractivity contribution in [2.75, 3.05) is 26.5 Å². The lowest BCUT2D eigenvalue weighted by molar-refractivity contribution is -0.130. The Balaban J connectivity index is 1.84. The van der Waals surface area contributed by atoms with Gasteiger partial charge in [-0.2, -0.15) is 0 Å². The molecule has 2 aromatic rings. The molecule has 1 saturated heterocycles. The van der Waals surface area contributed by atoms with Crippen molar-refractivity contribution in [2.24, 2.45) is 0 Å². The number of thioether (sulfide) groups is 1. The fourth-order valence-electron chi connectivity index (χ4n) is 2.99. The highest BCUT2D eigenvalue weighted by atomic mass is 79.9. The molecule has 0 aliphatic carbocycles. The van der Waals surface area contributed by atoms with Gasteiger partial charge in [-0.25, -0.2) is 0 Å². The molecule has 1 unspecified atom stereocenters. The zero-order valence-corrected chi connectivity index (χ0v) is 16.6. The number of halogens is 1. The van der Waals surface area contributed by atoms with Crippen LogP contribution in [0.3, 0.4) is 0 Å². The highest BCUT2D eigenvalue weighted by molar-refractivity contribution is 9.10. The maximum atomic E-state index is 13.0. The van der Waals surface area contributed by atoms with Gasteiger partial charge in [-0.1, -0.05) is 34.1 Å². The normalized spacial score (nSPS) is 16.8. The number of para-hydroxylation sites is 1. The van der Waals surface area contributed by atoms with E-state index >= 15 is 0 Å². The monoisotopic (exact) mass is 421 g/mol. The molecule has 0 radical (unpaired) electrons. The van der Waals surface area contributed by atoms with Crippen molar-refractivity contribution < 1.29 is 14.3 Å². The predicted molar refractivity (Wildman–Crippen MR) is 104 cm³/mol. The molecule has 1 aliphatic rings. The van der Waals surface area contributed by atoms with E-state index in [0.717, 1.165) is 39.4 Å². The molecule has 6 heteroatoms. The molecule has 1 atom stereocenters. The molecule has 0 bridgehead atoms. The summed E-state index contributed by atoms with van der Waals surface area (Å²) in [5.74, 6) is 2.57. The smallest absolute Gasteiger partial charge is 0.228 e. The van der Waals surface area contributed by atoms with E-state index in [9.17, 15) is 4.79 Å². The number of benzene rings is 2. The Kier molecular flexibility index (Phi) is 5.91. The number of amides is 1. The van der Waals surface area contributed by atoms with E-state index in [2.05, 4.69) is 15.9 Å². The van der Waals surface area contributed by atoms with Crippen LogP contribution in [0.25, 0.3) is 0 Å². The van der Waals surface area contributed by atoms with E-state index in [-0.39, 0.29) is 11.3 Å². The number of rotatable bonds is 5. The van der Waals surface area contributed by atoms with Crippen LogP contribution in [0, 0.1) is 0 Å². The van der Waals surface area contributed by atoms with Crippen LogP contribution in [0.15, 0.2) is 46.9 Å². The fraction of sp³-hybridized carbons (Fsp3) is 0.316. The summed E-state index contributed by atoms with van der Waals surface area (Å²) in [5.41, 5.74) is 1.93. The lowest BCUT2D eigenvalue weighted by Gasteiger charge is -2.26. The van der Waals surface area contributed by atoms with Crippen LogP contribution < -0.4 is 9.47 Å². The van der Waals surface area contributed by atoms with Gasteiger partial charge in [-0.3, -0.25) is 4.79 Å². The Bertz CT molecular complexity index is 768. The largest absolute Gasteiger partial charge is 0.496 e. The Morgan fingerprint density at radius 2 is 1.96 bits per heavy atom. The van der Waals surface area contributed by atoms with E-state index in [1.807, 2.05) is 47.4 Å². The van der Waals surface area contributed by atoms with Gasteiger partial charge in [-0.05, 0) is 24.3 Å². The highest BCUT2D eigenvalue weighted by Crippen LogP contribution is 2.43. The number of ether oxygens (including phenoxy) is 2. The minimum absolute atomic E-state index is 0.0327. The summed E-state index contributed by atoms with van der Waals surface area (Å²) in [5, 5.41) is -0.0327. The summed E-state index contributed by atoms with van der Waals surface area (Å²) in [6, 6.07) is 13.6. The van der Waals surface area contributed by atoms with Gasteiger partial charge < -0.3 is 14.4 Å². The first-order valence-electron chi connectivity index (χ1n) is 8.00. The molecule has 1 aliphatic heterocycles. The first-order chi connectivity index (χ1) is 12.1. The molecule has 0 spiro atoms. The summed E-state index contributed by atoms with van der Waals surface area (Å²) in [7, 11) is 3.29. The quantitative estimate of drug-likeness (QED) is 0.721. The Morgan fingerprint density at radius 1 is 1.20 bits per heavy atom. The molecule has 1 heterocycles. The number of hydrogen-bond acceptors (Lipinski definition) is 4. The molecule has 25 heavy (non-hydrogen) atoms. The van der Waals surface area contributed by atoms with Crippen molar-refractivity contribution in [3.8, 4) is 11.5 Å².